The van der Waals surface area contributed by atoms with Gasteiger partial charge in [0.15, 0.2) is 0 Å². The maximum absolute atomic E-state index is 12.5. The Morgan fingerprint density at radius 2 is 2.04 bits per heavy atom. The van der Waals surface area contributed by atoms with Gasteiger partial charge in [0, 0.05) is 13.0 Å². The van der Waals surface area contributed by atoms with Crippen LogP contribution in [-0.2, 0) is 9.59 Å². The van der Waals surface area contributed by atoms with E-state index in [0.717, 1.165) is 18.4 Å². The van der Waals surface area contributed by atoms with E-state index in [9.17, 15) is 14.4 Å². The summed E-state index contributed by atoms with van der Waals surface area (Å²) in [4.78, 5) is 38.1. The summed E-state index contributed by atoms with van der Waals surface area (Å²) in [6.45, 7) is 2.00. The van der Waals surface area contributed by atoms with Crippen LogP contribution in [-0.4, -0.2) is 41.9 Å². The van der Waals surface area contributed by atoms with Crippen LogP contribution in [0.1, 0.15) is 37.7 Å². The van der Waals surface area contributed by atoms with Crippen LogP contribution in [0.15, 0.2) is 18.2 Å². The van der Waals surface area contributed by atoms with E-state index in [1.54, 1.807) is 6.07 Å². The number of rotatable bonds is 5. The minimum atomic E-state index is -0.729. The molecule has 3 rings (SSSR count). The molecule has 0 bridgehead atoms. The largest absolute Gasteiger partial charge is 0.495 e. The molecule has 0 aromatic heterocycles. The van der Waals surface area contributed by atoms with Gasteiger partial charge in [-0.05, 0) is 37.5 Å². The number of nitrogens with zero attached hydrogens (tertiary/aromatic N) is 1. The highest BCUT2D eigenvalue weighted by molar-refractivity contribution is 6.07. The Morgan fingerprint density at radius 3 is 2.72 bits per heavy atom. The quantitative estimate of drug-likeness (QED) is 0.801. The number of carbonyl (C=O) groups excluding carboxylic acids is 3. The zero-order chi connectivity index (χ0) is 18.0. The summed E-state index contributed by atoms with van der Waals surface area (Å²) in [5.41, 5.74) is 0.846. The van der Waals surface area contributed by atoms with Crippen LogP contribution < -0.4 is 15.4 Å². The molecule has 7 nitrogen and oxygen atoms in total. The van der Waals surface area contributed by atoms with Gasteiger partial charge in [0.05, 0.1) is 12.8 Å². The molecule has 0 atom stereocenters. The molecule has 1 heterocycles. The molecule has 0 radical (unpaired) electrons. The number of hydrogen-bond acceptors (Lipinski definition) is 4. The fourth-order valence-corrected chi connectivity index (χ4v) is 3.54. The van der Waals surface area contributed by atoms with E-state index >= 15 is 0 Å². The van der Waals surface area contributed by atoms with E-state index in [0.29, 0.717) is 24.3 Å². The van der Waals surface area contributed by atoms with Gasteiger partial charge in [-0.3, -0.25) is 14.5 Å². The van der Waals surface area contributed by atoms with Crippen LogP contribution >= 0.6 is 0 Å². The lowest BCUT2D eigenvalue weighted by Gasteiger charge is -2.20. The monoisotopic (exact) mass is 345 g/mol. The Hall–Kier alpha value is -2.57. The molecule has 134 valence electrons. The first kappa shape index (κ1) is 17.3. The van der Waals surface area contributed by atoms with Crippen molar-refractivity contribution in [3.8, 4) is 5.75 Å². The van der Waals surface area contributed by atoms with Crippen LogP contribution in [0.4, 0.5) is 10.5 Å². The molecule has 1 aromatic carbocycles. The lowest BCUT2D eigenvalue weighted by molar-refractivity contribution is -0.131. The van der Waals surface area contributed by atoms with E-state index in [1.807, 2.05) is 19.1 Å². The van der Waals surface area contributed by atoms with Crippen molar-refractivity contribution in [3.63, 3.8) is 0 Å². The molecular formula is C18H23N3O4. The summed E-state index contributed by atoms with van der Waals surface area (Å²) in [6.07, 6.45) is 3.29. The summed E-state index contributed by atoms with van der Waals surface area (Å²) in [7, 11) is 1.54. The van der Waals surface area contributed by atoms with Gasteiger partial charge < -0.3 is 15.4 Å². The molecule has 1 spiro atoms. The topological polar surface area (TPSA) is 87.7 Å². The van der Waals surface area contributed by atoms with Crippen molar-refractivity contribution in [3.05, 3.63) is 23.8 Å². The molecule has 2 fully saturated rings. The van der Waals surface area contributed by atoms with Crippen LogP contribution in [0.25, 0.3) is 0 Å². The molecule has 25 heavy (non-hydrogen) atoms. The average molecular weight is 345 g/mol. The smallest absolute Gasteiger partial charge is 0.325 e. The Balaban J connectivity index is 1.60. The molecule has 1 saturated heterocycles. The third kappa shape index (κ3) is 3.31. The molecule has 1 aliphatic carbocycles. The van der Waals surface area contributed by atoms with Gasteiger partial charge in [0.25, 0.3) is 5.91 Å². The van der Waals surface area contributed by atoms with E-state index < -0.39 is 11.6 Å². The first-order valence-electron chi connectivity index (χ1n) is 8.54. The van der Waals surface area contributed by atoms with Crippen LogP contribution in [0.2, 0.25) is 0 Å². The normalized spacial score (nSPS) is 18.6. The number of benzene rings is 1. The van der Waals surface area contributed by atoms with Crippen molar-refractivity contribution in [2.75, 3.05) is 19.0 Å². The van der Waals surface area contributed by atoms with Gasteiger partial charge in [0.1, 0.15) is 11.3 Å². The van der Waals surface area contributed by atoms with Crippen LogP contribution in [0, 0.1) is 6.92 Å². The van der Waals surface area contributed by atoms with E-state index in [4.69, 9.17) is 4.74 Å². The van der Waals surface area contributed by atoms with Crippen molar-refractivity contribution in [1.82, 2.24) is 10.2 Å². The number of imide groups is 1. The summed E-state index contributed by atoms with van der Waals surface area (Å²) < 4.78 is 5.23. The number of nitrogens with one attached hydrogen (secondary N) is 2. The summed E-state index contributed by atoms with van der Waals surface area (Å²) >= 11 is 0. The third-order valence-corrected chi connectivity index (χ3v) is 4.89. The zero-order valence-electron chi connectivity index (χ0n) is 14.6. The lowest BCUT2D eigenvalue weighted by atomic mass is 9.98. The van der Waals surface area contributed by atoms with Gasteiger partial charge in [-0.1, -0.05) is 18.9 Å². The van der Waals surface area contributed by atoms with Crippen molar-refractivity contribution in [1.29, 1.82) is 0 Å². The number of carbonyl (C=O) groups is 3. The van der Waals surface area contributed by atoms with E-state index in [-0.39, 0.29) is 24.8 Å². The van der Waals surface area contributed by atoms with Gasteiger partial charge >= 0.3 is 6.03 Å². The minimum absolute atomic E-state index is 0.0480. The molecule has 7 heteroatoms. The molecule has 1 aliphatic heterocycles. The van der Waals surface area contributed by atoms with Gasteiger partial charge in [0.2, 0.25) is 5.91 Å². The summed E-state index contributed by atoms with van der Waals surface area (Å²) in [6, 6.07) is 5.10. The number of amides is 4. The molecule has 1 saturated carbocycles. The molecule has 0 unspecified atom stereocenters. The second-order valence-corrected chi connectivity index (χ2v) is 6.68. The third-order valence-electron chi connectivity index (χ3n) is 4.89. The molecular weight excluding hydrogens is 322 g/mol. The summed E-state index contributed by atoms with van der Waals surface area (Å²) in [5, 5.41) is 5.60. The minimum Gasteiger partial charge on any atom is -0.495 e. The number of ether oxygens (including phenoxy) is 1. The predicted molar refractivity (Wildman–Crippen MR) is 92.4 cm³/mol. The van der Waals surface area contributed by atoms with Crippen LogP contribution in [0.5, 0.6) is 5.75 Å². The summed E-state index contributed by atoms with van der Waals surface area (Å²) in [5.74, 6) is 0.103. The van der Waals surface area contributed by atoms with Gasteiger partial charge in [-0.15, -0.1) is 0 Å². The molecule has 2 N–H and O–H groups in total. The van der Waals surface area contributed by atoms with Crippen LogP contribution in [0.3, 0.4) is 0 Å². The van der Waals surface area contributed by atoms with Crippen molar-refractivity contribution >= 4 is 23.5 Å². The second-order valence-electron chi connectivity index (χ2n) is 6.68. The zero-order valence-corrected chi connectivity index (χ0v) is 14.6. The Labute approximate surface area is 146 Å². The molecule has 1 aromatic rings. The van der Waals surface area contributed by atoms with Crippen molar-refractivity contribution < 1.29 is 19.1 Å². The highest BCUT2D eigenvalue weighted by Crippen LogP contribution is 2.35. The number of urea groups is 1. The first-order valence-corrected chi connectivity index (χ1v) is 8.54. The first-order chi connectivity index (χ1) is 11.9. The predicted octanol–water partition coefficient (Wildman–Crippen LogP) is 2.20. The molecule has 4 amide bonds. The second kappa shape index (κ2) is 6.74. The Kier molecular flexibility index (Phi) is 4.65. The maximum atomic E-state index is 12.5. The standard InChI is InChI=1S/C18H23N3O4/c1-12-5-6-14(25-2)13(11-12)19-15(22)7-10-21-16(23)18(20-17(21)24)8-3-4-9-18/h5-6,11H,3-4,7-10H2,1-2H3,(H,19,22)(H,20,24). The van der Waals surface area contributed by atoms with E-state index in [2.05, 4.69) is 10.6 Å². The fraction of sp³-hybridized carbons (Fsp3) is 0.500. The highest BCUT2D eigenvalue weighted by Gasteiger charge is 2.52. The van der Waals surface area contributed by atoms with Gasteiger partial charge in [-0.2, -0.15) is 0 Å². The number of aryl methyl sites for hydroxylation is 1. The van der Waals surface area contributed by atoms with Crippen molar-refractivity contribution in [2.24, 2.45) is 0 Å². The highest BCUT2D eigenvalue weighted by atomic mass is 16.5. The maximum Gasteiger partial charge on any atom is 0.325 e. The Morgan fingerprint density at radius 1 is 1.32 bits per heavy atom. The van der Waals surface area contributed by atoms with Crippen molar-refractivity contribution in [2.45, 2.75) is 44.6 Å². The average Bonchev–Trinajstić information content (AvgIpc) is 3.12. The van der Waals surface area contributed by atoms with Gasteiger partial charge in [-0.25, -0.2) is 4.79 Å². The lowest BCUT2D eigenvalue weighted by Crippen LogP contribution is -2.44. The number of hydrogen-bond donors (Lipinski definition) is 2. The fourth-order valence-electron chi connectivity index (χ4n) is 3.54. The SMILES string of the molecule is COc1ccc(C)cc1NC(=O)CCN1C(=O)NC2(CCCC2)C1=O. The van der Waals surface area contributed by atoms with E-state index in [1.165, 1.54) is 12.0 Å². The Bertz CT molecular complexity index is 710. The molecule has 2 aliphatic rings. The number of methoxy groups -OCH3 is 1. The number of anilines is 1.